The Kier molecular flexibility index (Phi) is 8.81. The molecule has 8 nitrogen and oxygen atoms in total. The molecule has 0 aliphatic rings. The molecular formula is C10H22N2O6. The Labute approximate surface area is 106 Å². The molecule has 0 aromatic heterocycles. The van der Waals surface area contributed by atoms with Crippen molar-refractivity contribution in [3.05, 3.63) is 0 Å². The fourth-order valence-electron chi connectivity index (χ4n) is 1.15. The van der Waals surface area contributed by atoms with Gasteiger partial charge in [-0.25, -0.2) is 0 Å². The molecule has 0 fully saturated rings. The lowest BCUT2D eigenvalue weighted by atomic mass is 10.1. The first kappa shape index (κ1) is 17.2. The molecule has 0 radical (unpaired) electrons. The molecule has 0 rings (SSSR count). The Balaban J connectivity index is 4.08. The first-order valence-electron chi connectivity index (χ1n) is 5.61. The first-order chi connectivity index (χ1) is 8.51. The molecule has 0 aromatic carbocycles. The Bertz CT molecular complexity index is 228. The number of rotatable bonds is 10. The van der Waals surface area contributed by atoms with Crippen LogP contribution in [0, 0.1) is 0 Å². The lowest BCUT2D eigenvalue weighted by molar-refractivity contribution is -0.148. The quantitative estimate of drug-likeness (QED) is 0.257. The van der Waals surface area contributed by atoms with Crippen LogP contribution in [0.5, 0.6) is 0 Å². The fourth-order valence-corrected chi connectivity index (χ4v) is 1.15. The van der Waals surface area contributed by atoms with Crippen LogP contribution in [0.4, 0.5) is 0 Å². The van der Waals surface area contributed by atoms with Crippen molar-refractivity contribution in [2.24, 2.45) is 5.73 Å². The highest BCUT2D eigenvalue weighted by atomic mass is 16.5. The van der Waals surface area contributed by atoms with Gasteiger partial charge in [0.2, 0.25) is 0 Å². The summed E-state index contributed by atoms with van der Waals surface area (Å²) in [4.78, 5) is 12.9. The molecule has 6 N–H and O–H groups in total. The van der Waals surface area contributed by atoms with Crippen LogP contribution >= 0.6 is 0 Å². The predicted octanol–water partition coefficient (Wildman–Crippen LogP) is -3.50. The minimum atomic E-state index is -1.35. The van der Waals surface area contributed by atoms with Crippen LogP contribution in [-0.4, -0.2) is 89.5 Å². The van der Waals surface area contributed by atoms with E-state index >= 15 is 0 Å². The maximum atomic E-state index is 11.4. The van der Waals surface area contributed by atoms with E-state index < -0.39 is 24.7 Å². The Hall–Kier alpha value is -0.770. The van der Waals surface area contributed by atoms with Gasteiger partial charge in [-0.05, 0) is 0 Å². The van der Waals surface area contributed by atoms with E-state index in [-0.39, 0.29) is 39.5 Å². The summed E-state index contributed by atoms with van der Waals surface area (Å²) in [6.07, 6.45) is 0. The highest BCUT2D eigenvalue weighted by Gasteiger charge is 2.25. The largest absolute Gasteiger partial charge is 0.463 e. The number of aliphatic hydroxyl groups excluding tert-OH is 4. The van der Waals surface area contributed by atoms with Gasteiger partial charge in [0.1, 0.15) is 6.61 Å². The van der Waals surface area contributed by atoms with Crippen molar-refractivity contribution in [3.8, 4) is 0 Å². The van der Waals surface area contributed by atoms with Crippen LogP contribution in [0.2, 0.25) is 0 Å². The molecule has 108 valence electrons. The smallest absolute Gasteiger partial charge is 0.320 e. The molecule has 0 bridgehead atoms. The van der Waals surface area contributed by atoms with Crippen molar-refractivity contribution in [3.63, 3.8) is 0 Å². The summed E-state index contributed by atoms with van der Waals surface area (Å²) in [5.74, 6) is -0.603. The van der Waals surface area contributed by atoms with E-state index in [0.29, 0.717) is 0 Å². The summed E-state index contributed by atoms with van der Waals surface area (Å²) in [5.41, 5.74) is 4.17. The van der Waals surface area contributed by atoms with Crippen molar-refractivity contribution in [1.82, 2.24) is 4.90 Å². The maximum Gasteiger partial charge on any atom is 0.320 e. The van der Waals surface area contributed by atoms with E-state index in [2.05, 4.69) is 0 Å². The molecule has 0 unspecified atom stereocenters. The van der Waals surface area contributed by atoms with Gasteiger partial charge < -0.3 is 30.9 Å². The van der Waals surface area contributed by atoms with E-state index in [1.54, 1.807) is 0 Å². The molecule has 0 aliphatic heterocycles. The number of carbonyl (C=O) groups is 1. The predicted molar refractivity (Wildman–Crippen MR) is 62.7 cm³/mol. The van der Waals surface area contributed by atoms with Crippen molar-refractivity contribution in [2.45, 2.75) is 5.54 Å². The number of hydrogen-bond acceptors (Lipinski definition) is 8. The van der Waals surface area contributed by atoms with Gasteiger partial charge in [0.25, 0.3) is 0 Å². The Morgan fingerprint density at radius 1 is 1.11 bits per heavy atom. The topological polar surface area (TPSA) is 136 Å². The van der Waals surface area contributed by atoms with Gasteiger partial charge >= 0.3 is 5.97 Å². The van der Waals surface area contributed by atoms with Crippen molar-refractivity contribution in [1.29, 1.82) is 0 Å². The third-order valence-corrected chi connectivity index (χ3v) is 2.34. The number of carbonyl (C=O) groups excluding carboxylic acids is 1. The average molecular weight is 266 g/mol. The summed E-state index contributed by atoms with van der Waals surface area (Å²) >= 11 is 0. The minimum Gasteiger partial charge on any atom is -0.463 e. The lowest BCUT2D eigenvalue weighted by Gasteiger charge is -2.25. The van der Waals surface area contributed by atoms with Crippen molar-refractivity contribution >= 4 is 5.97 Å². The zero-order valence-electron chi connectivity index (χ0n) is 10.3. The van der Waals surface area contributed by atoms with Gasteiger partial charge in [-0.15, -0.1) is 0 Å². The number of ether oxygens (including phenoxy) is 1. The van der Waals surface area contributed by atoms with Gasteiger partial charge in [-0.2, -0.15) is 0 Å². The minimum absolute atomic E-state index is 0.103. The third-order valence-electron chi connectivity index (χ3n) is 2.34. The molecule has 0 saturated carbocycles. The second-order valence-electron chi connectivity index (χ2n) is 4.06. The molecule has 0 aliphatic carbocycles. The van der Waals surface area contributed by atoms with Gasteiger partial charge in [0.05, 0.1) is 38.5 Å². The van der Waals surface area contributed by atoms with Crippen LogP contribution in [0.1, 0.15) is 0 Å². The van der Waals surface area contributed by atoms with E-state index in [1.807, 2.05) is 0 Å². The standard InChI is InChI=1S/C10H22N2O6/c11-10(6-15,7-16)8-18-9(17)5-12(1-3-13)2-4-14/h13-16H,1-8,11H2. The van der Waals surface area contributed by atoms with Crippen LogP contribution in [0.15, 0.2) is 0 Å². The second-order valence-corrected chi connectivity index (χ2v) is 4.06. The summed E-state index contributed by atoms with van der Waals surface area (Å²) in [6.45, 7) is -1.21. The molecule has 0 aromatic rings. The zero-order chi connectivity index (χ0) is 14.0. The molecule has 0 amide bonds. The molecule has 8 heteroatoms. The highest BCUT2D eigenvalue weighted by molar-refractivity contribution is 5.71. The summed E-state index contributed by atoms with van der Waals surface area (Å²) in [5, 5.41) is 35.3. The molecule has 0 spiro atoms. The first-order valence-corrected chi connectivity index (χ1v) is 5.61. The number of hydrogen-bond donors (Lipinski definition) is 5. The fraction of sp³-hybridized carbons (Fsp3) is 0.900. The van der Waals surface area contributed by atoms with Crippen molar-refractivity contribution < 1.29 is 30.0 Å². The van der Waals surface area contributed by atoms with Gasteiger partial charge in [-0.1, -0.05) is 0 Å². The monoisotopic (exact) mass is 266 g/mol. The zero-order valence-corrected chi connectivity index (χ0v) is 10.3. The van der Waals surface area contributed by atoms with Gasteiger partial charge in [-0.3, -0.25) is 9.69 Å². The van der Waals surface area contributed by atoms with E-state index in [1.165, 1.54) is 4.90 Å². The van der Waals surface area contributed by atoms with Crippen LogP contribution in [0.3, 0.4) is 0 Å². The van der Waals surface area contributed by atoms with Gasteiger partial charge in [0, 0.05) is 13.1 Å². The summed E-state index contributed by atoms with van der Waals surface area (Å²) in [7, 11) is 0. The maximum absolute atomic E-state index is 11.4. The average Bonchev–Trinajstić information content (AvgIpc) is 2.36. The lowest BCUT2D eigenvalue weighted by Crippen LogP contribution is -2.52. The SMILES string of the molecule is NC(CO)(CO)COC(=O)CN(CCO)CCO. The third kappa shape index (κ3) is 6.84. The van der Waals surface area contributed by atoms with Gasteiger partial charge in [0.15, 0.2) is 0 Å². The number of aliphatic hydroxyl groups is 4. The van der Waals surface area contributed by atoms with Crippen molar-refractivity contribution in [2.75, 3.05) is 52.7 Å². The molecule has 0 heterocycles. The van der Waals surface area contributed by atoms with Crippen LogP contribution < -0.4 is 5.73 Å². The molecular weight excluding hydrogens is 244 g/mol. The van der Waals surface area contributed by atoms with E-state index in [0.717, 1.165) is 0 Å². The Morgan fingerprint density at radius 2 is 1.61 bits per heavy atom. The summed E-state index contributed by atoms with van der Waals surface area (Å²) in [6, 6.07) is 0. The van der Waals surface area contributed by atoms with Crippen LogP contribution in [0.25, 0.3) is 0 Å². The van der Waals surface area contributed by atoms with E-state index in [4.69, 9.17) is 30.9 Å². The normalized spacial score (nSPS) is 11.9. The molecule has 0 saturated heterocycles. The van der Waals surface area contributed by atoms with E-state index in [9.17, 15) is 4.79 Å². The highest BCUT2D eigenvalue weighted by Crippen LogP contribution is 2.00. The number of nitrogens with zero attached hydrogens (tertiary/aromatic N) is 1. The second kappa shape index (κ2) is 9.20. The molecule has 18 heavy (non-hydrogen) atoms. The summed E-state index contributed by atoms with van der Waals surface area (Å²) < 4.78 is 4.82. The number of nitrogens with two attached hydrogens (primary N) is 1. The van der Waals surface area contributed by atoms with Crippen LogP contribution in [-0.2, 0) is 9.53 Å². The number of esters is 1. The Morgan fingerprint density at radius 3 is 2.00 bits per heavy atom. The molecule has 0 atom stereocenters.